The van der Waals surface area contributed by atoms with E-state index in [0.29, 0.717) is 27.4 Å². The Balaban J connectivity index is 0.000000150. The van der Waals surface area contributed by atoms with Crippen LogP contribution in [0.15, 0.2) is 49.2 Å². The van der Waals surface area contributed by atoms with Crippen LogP contribution in [0.4, 0.5) is 4.39 Å². The largest absolute Gasteiger partial charge is 0.381 e. The molecule has 1 aliphatic heterocycles. The van der Waals surface area contributed by atoms with Gasteiger partial charge in [0.1, 0.15) is 23.4 Å². The van der Waals surface area contributed by atoms with Gasteiger partial charge in [0.2, 0.25) is 0 Å². The summed E-state index contributed by atoms with van der Waals surface area (Å²) >= 11 is 5.74. The van der Waals surface area contributed by atoms with Crippen molar-refractivity contribution in [3.8, 4) is 11.3 Å². The molecule has 1 aromatic carbocycles. The van der Waals surface area contributed by atoms with Gasteiger partial charge in [-0.1, -0.05) is 11.6 Å². The number of aryl methyl sites for hydroxylation is 1. The maximum absolute atomic E-state index is 14.0. The van der Waals surface area contributed by atoms with Crippen molar-refractivity contribution in [2.45, 2.75) is 45.1 Å². The van der Waals surface area contributed by atoms with Gasteiger partial charge in [-0.2, -0.15) is 5.10 Å². The van der Waals surface area contributed by atoms with Gasteiger partial charge >= 0.3 is 0 Å². The second-order valence-electron chi connectivity index (χ2n) is 7.92. The van der Waals surface area contributed by atoms with Crippen molar-refractivity contribution >= 4 is 22.8 Å². The molecule has 0 N–H and O–H groups in total. The van der Waals surface area contributed by atoms with Crippen molar-refractivity contribution < 1.29 is 9.13 Å². The summed E-state index contributed by atoms with van der Waals surface area (Å²) in [4.78, 5) is 16.6. The van der Waals surface area contributed by atoms with Crippen LogP contribution < -0.4 is 0 Å². The number of hydrogen-bond donors (Lipinski definition) is 0. The summed E-state index contributed by atoms with van der Waals surface area (Å²) in [5.74, 6) is -0.449. The number of aromatic nitrogens is 6. The van der Waals surface area contributed by atoms with Gasteiger partial charge in [0, 0.05) is 42.4 Å². The third-order valence-corrected chi connectivity index (χ3v) is 5.41. The molecule has 4 heterocycles. The van der Waals surface area contributed by atoms with E-state index >= 15 is 0 Å². The lowest BCUT2D eigenvalue weighted by Crippen LogP contribution is -2.03. The van der Waals surface area contributed by atoms with E-state index in [4.69, 9.17) is 16.3 Å². The van der Waals surface area contributed by atoms with Crippen LogP contribution in [0.2, 0.25) is 5.02 Å². The predicted molar refractivity (Wildman–Crippen MR) is 125 cm³/mol. The van der Waals surface area contributed by atoms with Crippen molar-refractivity contribution in [1.29, 1.82) is 0 Å². The van der Waals surface area contributed by atoms with Crippen molar-refractivity contribution in [2.75, 3.05) is 13.2 Å². The summed E-state index contributed by atoms with van der Waals surface area (Å²) < 4.78 is 21.0. The SMILES string of the molecule is C1CCOCC1.Cc1cnc2c(-c3ccc(Cl)cc3F)ncnc2n1.c1cnn(C2CC2)c1. The highest BCUT2D eigenvalue weighted by Gasteiger charge is 2.22. The predicted octanol–water partition coefficient (Wildman–Crippen LogP) is 5.59. The highest BCUT2D eigenvalue weighted by Crippen LogP contribution is 2.33. The van der Waals surface area contributed by atoms with Gasteiger partial charge in [-0.05, 0) is 63.3 Å². The minimum Gasteiger partial charge on any atom is -0.381 e. The molecule has 0 spiro atoms. The Kier molecular flexibility index (Phi) is 7.91. The highest BCUT2D eigenvalue weighted by molar-refractivity contribution is 6.30. The standard InChI is InChI=1S/C13H8ClFN4.C6H8N2.C5H10O/c1-7-5-16-12-11(17-6-18-13(12)19-7)9-3-2-8(14)4-10(9)15;1-4-7-8(5-1)6-2-3-6;1-2-4-6-5-3-1/h2-6H,1H3;1,4-6H,2-3H2;1-5H2. The van der Waals surface area contributed by atoms with Crippen LogP contribution in [0.3, 0.4) is 0 Å². The first kappa shape index (κ1) is 23.2. The number of hydrogen-bond acceptors (Lipinski definition) is 6. The van der Waals surface area contributed by atoms with Crippen molar-refractivity contribution in [3.05, 3.63) is 65.7 Å². The van der Waals surface area contributed by atoms with Crippen molar-refractivity contribution in [2.24, 2.45) is 0 Å². The first-order valence-electron chi connectivity index (χ1n) is 11.1. The lowest BCUT2D eigenvalue weighted by Gasteiger charge is -2.08. The van der Waals surface area contributed by atoms with E-state index in [1.54, 1.807) is 18.3 Å². The second-order valence-corrected chi connectivity index (χ2v) is 8.36. The van der Waals surface area contributed by atoms with Crippen LogP contribution >= 0.6 is 11.6 Å². The zero-order valence-electron chi connectivity index (χ0n) is 18.5. The molecular formula is C24H26ClFN6O. The van der Waals surface area contributed by atoms with E-state index in [1.165, 1.54) is 44.5 Å². The van der Waals surface area contributed by atoms with Crippen molar-refractivity contribution in [3.63, 3.8) is 0 Å². The van der Waals surface area contributed by atoms with E-state index in [9.17, 15) is 4.39 Å². The summed E-state index contributed by atoms with van der Waals surface area (Å²) in [5, 5.41) is 4.43. The summed E-state index contributed by atoms with van der Waals surface area (Å²) in [7, 11) is 0. The van der Waals surface area contributed by atoms with Crippen LogP contribution in [0, 0.1) is 12.7 Å². The lowest BCUT2D eigenvalue weighted by molar-refractivity contribution is 0.0968. The number of ether oxygens (including phenoxy) is 1. The maximum atomic E-state index is 14.0. The fraction of sp³-hybridized carbons (Fsp3) is 0.375. The number of rotatable bonds is 2. The summed E-state index contributed by atoms with van der Waals surface area (Å²) in [6, 6.07) is 7.13. The molecule has 0 unspecified atom stereocenters. The molecule has 0 radical (unpaired) electrons. The molecule has 172 valence electrons. The summed E-state index contributed by atoms with van der Waals surface area (Å²) in [6.07, 6.45) is 13.4. The molecule has 1 saturated heterocycles. The molecular weight excluding hydrogens is 443 g/mol. The van der Waals surface area contributed by atoms with E-state index < -0.39 is 5.82 Å². The maximum Gasteiger partial charge on any atom is 0.182 e. The lowest BCUT2D eigenvalue weighted by atomic mass is 10.1. The zero-order chi connectivity index (χ0) is 23.0. The summed E-state index contributed by atoms with van der Waals surface area (Å²) in [6.45, 7) is 3.82. The van der Waals surface area contributed by atoms with Gasteiger partial charge in [0.25, 0.3) is 0 Å². The smallest absolute Gasteiger partial charge is 0.182 e. The van der Waals surface area contributed by atoms with E-state index in [0.717, 1.165) is 24.9 Å². The minimum atomic E-state index is -0.449. The Morgan fingerprint density at radius 1 is 1.09 bits per heavy atom. The van der Waals surface area contributed by atoms with Crippen molar-refractivity contribution in [1.82, 2.24) is 29.7 Å². The van der Waals surface area contributed by atoms with Crippen LogP contribution in [-0.4, -0.2) is 42.9 Å². The molecule has 7 nitrogen and oxygen atoms in total. The molecule has 1 aliphatic carbocycles. The van der Waals surface area contributed by atoms with Crippen LogP contribution in [0.25, 0.3) is 22.4 Å². The molecule has 0 amide bonds. The average Bonchev–Trinajstić information content (AvgIpc) is 3.54. The van der Waals surface area contributed by atoms with Gasteiger partial charge in [0.15, 0.2) is 5.65 Å². The Morgan fingerprint density at radius 3 is 2.52 bits per heavy atom. The number of benzene rings is 1. The molecule has 0 atom stereocenters. The number of fused-ring (bicyclic) bond motifs is 1. The second kappa shape index (κ2) is 11.2. The molecule has 9 heteroatoms. The third kappa shape index (κ3) is 6.52. The Labute approximate surface area is 197 Å². The third-order valence-electron chi connectivity index (χ3n) is 5.18. The van der Waals surface area contributed by atoms with E-state index in [-0.39, 0.29) is 0 Å². The van der Waals surface area contributed by atoms with E-state index in [1.807, 2.05) is 30.1 Å². The Hall–Kier alpha value is -2.97. The molecule has 2 fully saturated rings. The molecule has 1 saturated carbocycles. The Morgan fingerprint density at radius 2 is 1.91 bits per heavy atom. The van der Waals surface area contributed by atoms with E-state index in [2.05, 4.69) is 25.0 Å². The molecule has 4 aromatic rings. The van der Waals surface area contributed by atoms with Gasteiger partial charge in [-0.25, -0.2) is 24.3 Å². The van der Waals surface area contributed by atoms with Gasteiger partial charge in [0.05, 0.1) is 11.7 Å². The van der Waals surface area contributed by atoms with Crippen LogP contribution in [0.1, 0.15) is 43.8 Å². The summed E-state index contributed by atoms with van der Waals surface area (Å²) in [5.41, 5.74) is 2.39. The molecule has 0 bridgehead atoms. The number of nitrogens with zero attached hydrogens (tertiary/aromatic N) is 6. The Bertz CT molecular complexity index is 1170. The van der Waals surface area contributed by atoms with Gasteiger partial charge in [-0.3, -0.25) is 4.68 Å². The zero-order valence-corrected chi connectivity index (χ0v) is 19.2. The quantitative estimate of drug-likeness (QED) is 0.381. The first-order chi connectivity index (χ1) is 16.1. The normalized spacial score (nSPS) is 15.2. The first-order valence-corrected chi connectivity index (χ1v) is 11.5. The molecule has 33 heavy (non-hydrogen) atoms. The van der Waals surface area contributed by atoms with Crippen LogP contribution in [-0.2, 0) is 4.74 Å². The topological polar surface area (TPSA) is 78.6 Å². The molecule has 6 rings (SSSR count). The number of halogens is 2. The minimum absolute atomic E-state index is 0.329. The van der Waals surface area contributed by atoms with Crippen LogP contribution in [0.5, 0.6) is 0 Å². The monoisotopic (exact) mass is 468 g/mol. The fourth-order valence-electron chi connectivity index (χ4n) is 3.33. The highest BCUT2D eigenvalue weighted by atomic mass is 35.5. The fourth-order valence-corrected chi connectivity index (χ4v) is 3.48. The van der Waals surface area contributed by atoms with Gasteiger partial charge in [-0.15, -0.1) is 0 Å². The average molecular weight is 469 g/mol. The van der Waals surface area contributed by atoms with Gasteiger partial charge < -0.3 is 4.74 Å². The molecule has 3 aromatic heterocycles. The molecule has 2 aliphatic rings.